The zero-order valence-corrected chi connectivity index (χ0v) is 21.0. The van der Waals surface area contributed by atoms with Crippen molar-refractivity contribution in [2.24, 2.45) is 5.73 Å². The summed E-state index contributed by atoms with van der Waals surface area (Å²) < 4.78 is 6.19. The molecule has 1 aliphatic rings. The molecule has 36 heavy (non-hydrogen) atoms. The Bertz CT molecular complexity index is 1340. The summed E-state index contributed by atoms with van der Waals surface area (Å²) in [5, 5.41) is 1.05. The molecule has 0 aliphatic carbocycles. The van der Waals surface area contributed by atoms with E-state index in [4.69, 9.17) is 10.5 Å². The summed E-state index contributed by atoms with van der Waals surface area (Å²) in [6.45, 7) is 8.19. The van der Waals surface area contributed by atoms with Crippen molar-refractivity contribution in [2.45, 2.75) is 32.7 Å². The predicted octanol–water partition coefficient (Wildman–Crippen LogP) is 6.03. The van der Waals surface area contributed by atoms with Gasteiger partial charge in [-0.3, -0.25) is 9.69 Å². The van der Waals surface area contributed by atoms with Crippen molar-refractivity contribution in [3.05, 3.63) is 89.6 Å². The average Bonchev–Trinajstić information content (AvgIpc) is 3.36. The van der Waals surface area contributed by atoms with Crippen LogP contribution in [0.3, 0.4) is 0 Å². The Hall–Kier alpha value is -3.77. The SMILES string of the molecule is CCCC(c1ccc(C)cc1)N1CCN(c2ccc(C(N)=O)c(Oc3ccc4[nH]ccc4c3)c2)CC1. The van der Waals surface area contributed by atoms with Gasteiger partial charge in [-0.1, -0.05) is 43.2 Å². The molecule has 1 fully saturated rings. The van der Waals surface area contributed by atoms with E-state index in [1.165, 1.54) is 11.1 Å². The van der Waals surface area contributed by atoms with Crippen LogP contribution in [0.25, 0.3) is 10.9 Å². The minimum absolute atomic E-state index is 0.383. The molecule has 1 atom stereocenters. The quantitative estimate of drug-likeness (QED) is 0.322. The third-order valence-electron chi connectivity index (χ3n) is 7.13. The summed E-state index contributed by atoms with van der Waals surface area (Å²) in [6.07, 6.45) is 4.20. The highest BCUT2D eigenvalue weighted by Gasteiger charge is 2.25. The van der Waals surface area contributed by atoms with Gasteiger partial charge in [-0.15, -0.1) is 0 Å². The van der Waals surface area contributed by atoms with Crippen LogP contribution in [0.15, 0.2) is 72.9 Å². The number of amides is 1. The summed E-state index contributed by atoms with van der Waals surface area (Å²) in [7, 11) is 0. The van der Waals surface area contributed by atoms with Crippen molar-refractivity contribution >= 4 is 22.5 Å². The number of piperazine rings is 1. The summed E-state index contributed by atoms with van der Waals surface area (Å²) in [5.41, 5.74) is 10.8. The molecule has 1 unspecified atom stereocenters. The zero-order chi connectivity index (χ0) is 25.1. The van der Waals surface area contributed by atoms with Crippen molar-refractivity contribution in [3.8, 4) is 11.5 Å². The van der Waals surface area contributed by atoms with Gasteiger partial charge >= 0.3 is 0 Å². The van der Waals surface area contributed by atoms with Gasteiger partial charge in [0.1, 0.15) is 11.5 Å². The lowest BCUT2D eigenvalue weighted by Crippen LogP contribution is -2.47. The number of fused-ring (bicyclic) bond motifs is 1. The van der Waals surface area contributed by atoms with Crippen LogP contribution < -0.4 is 15.4 Å². The smallest absolute Gasteiger partial charge is 0.252 e. The van der Waals surface area contributed by atoms with Gasteiger partial charge in [-0.05, 0) is 55.3 Å². The van der Waals surface area contributed by atoms with Gasteiger partial charge in [-0.25, -0.2) is 0 Å². The van der Waals surface area contributed by atoms with E-state index < -0.39 is 5.91 Å². The van der Waals surface area contributed by atoms with Crippen LogP contribution in [0.2, 0.25) is 0 Å². The fraction of sp³-hybridized carbons (Fsp3) is 0.300. The van der Waals surface area contributed by atoms with Crippen LogP contribution in [0.4, 0.5) is 5.69 Å². The Morgan fingerprint density at radius 3 is 2.50 bits per heavy atom. The fourth-order valence-corrected chi connectivity index (χ4v) is 5.13. The number of rotatable bonds is 8. The van der Waals surface area contributed by atoms with E-state index >= 15 is 0 Å². The first-order valence-corrected chi connectivity index (χ1v) is 12.8. The highest BCUT2D eigenvalue weighted by Crippen LogP contribution is 2.33. The topological polar surface area (TPSA) is 74.6 Å². The molecule has 0 bridgehead atoms. The maximum absolute atomic E-state index is 12.1. The molecule has 1 aliphatic heterocycles. The molecular weight excluding hydrogens is 448 g/mol. The van der Waals surface area contributed by atoms with Crippen molar-refractivity contribution in [2.75, 3.05) is 31.1 Å². The molecule has 1 amide bonds. The second-order valence-electron chi connectivity index (χ2n) is 9.61. The number of aromatic nitrogens is 1. The van der Waals surface area contributed by atoms with Crippen molar-refractivity contribution < 1.29 is 9.53 Å². The number of aryl methyl sites for hydroxylation is 1. The lowest BCUT2D eigenvalue weighted by Gasteiger charge is -2.40. The predicted molar refractivity (Wildman–Crippen MR) is 146 cm³/mol. The van der Waals surface area contributed by atoms with E-state index in [0.29, 0.717) is 23.1 Å². The Morgan fingerprint density at radius 1 is 1.00 bits per heavy atom. The lowest BCUT2D eigenvalue weighted by atomic mass is 9.98. The average molecular weight is 483 g/mol. The molecule has 3 N–H and O–H groups in total. The number of aromatic amines is 1. The number of carbonyl (C=O) groups is 1. The monoisotopic (exact) mass is 482 g/mol. The standard InChI is InChI=1S/C30H34N4O2/c1-3-4-28(22-7-5-21(2)6-8-22)34-17-15-33(16-18-34)24-9-11-26(30(31)35)29(20-24)36-25-10-12-27-23(19-25)13-14-32-27/h5-14,19-20,28,32H,3-4,15-18H2,1-2H3,(H2,31,35). The van der Waals surface area contributed by atoms with Gasteiger partial charge in [0.05, 0.1) is 5.56 Å². The Labute approximate surface area is 212 Å². The summed E-state index contributed by atoms with van der Waals surface area (Å²) in [4.78, 5) is 20.3. The Balaban J connectivity index is 1.33. The number of primary amides is 1. The highest BCUT2D eigenvalue weighted by molar-refractivity contribution is 5.96. The van der Waals surface area contributed by atoms with Crippen LogP contribution in [-0.4, -0.2) is 42.0 Å². The second-order valence-corrected chi connectivity index (χ2v) is 9.61. The van der Waals surface area contributed by atoms with E-state index in [9.17, 15) is 4.79 Å². The largest absolute Gasteiger partial charge is 0.456 e. The molecule has 186 valence electrons. The normalized spacial score (nSPS) is 15.2. The molecule has 5 rings (SSSR count). The molecule has 4 aromatic rings. The van der Waals surface area contributed by atoms with Crippen LogP contribution in [-0.2, 0) is 0 Å². The minimum atomic E-state index is -0.496. The minimum Gasteiger partial charge on any atom is -0.456 e. The van der Waals surface area contributed by atoms with Gasteiger partial charge in [0, 0.05) is 61.1 Å². The third-order valence-corrected chi connectivity index (χ3v) is 7.13. The number of nitrogens with zero attached hydrogens (tertiary/aromatic N) is 2. The van der Waals surface area contributed by atoms with Gasteiger partial charge < -0.3 is 20.4 Å². The maximum atomic E-state index is 12.1. The summed E-state index contributed by atoms with van der Waals surface area (Å²) in [6, 6.07) is 22.9. The van der Waals surface area contributed by atoms with E-state index in [1.807, 2.05) is 42.6 Å². The van der Waals surface area contributed by atoms with Crippen LogP contribution in [0.1, 0.15) is 47.3 Å². The third kappa shape index (κ3) is 5.09. The molecule has 1 saturated heterocycles. The number of nitrogens with two attached hydrogens (primary N) is 1. The van der Waals surface area contributed by atoms with E-state index in [-0.39, 0.29) is 0 Å². The number of nitrogens with one attached hydrogen (secondary N) is 1. The van der Waals surface area contributed by atoms with Crippen LogP contribution >= 0.6 is 0 Å². The van der Waals surface area contributed by atoms with Gasteiger partial charge in [0.2, 0.25) is 0 Å². The van der Waals surface area contributed by atoms with Crippen molar-refractivity contribution in [1.82, 2.24) is 9.88 Å². The molecule has 6 heteroatoms. The first-order chi connectivity index (χ1) is 17.5. The molecule has 2 heterocycles. The Morgan fingerprint density at radius 2 is 1.78 bits per heavy atom. The number of anilines is 1. The first-order valence-electron chi connectivity index (χ1n) is 12.8. The summed E-state index contributed by atoms with van der Waals surface area (Å²) >= 11 is 0. The van der Waals surface area contributed by atoms with Crippen molar-refractivity contribution in [1.29, 1.82) is 0 Å². The number of benzene rings is 3. The molecular formula is C30H34N4O2. The molecule has 6 nitrogen and oxygen atoms in total. The molecule has 1 aromatic heterocycles. The first kappa shape index (κ1) is 23.9. The number of H-pyrrole nitrogens is 1. The number of ether oxygens (including phenoxy) is 1. The lowest BCUT2D eigenvalue weighted by molar-refractivity contribution is 0.0998. The second kappa shape index (κ2) is 10.5. The van der Waals surface area contributed by atoms with Crippen LogP contribution in [0, 0.1) is 6.92 Å². The fourth-order valence-electron chi connectivity index (χ4n) is 5.13. The number of carbonyl (C=O) groups excluding carboxylic acids is 1. The number of hydrogen-bond acceptors (Lipinski definition) is 4. The summed E-state index contributed by atoms with van der Waals surface area (Å²) in [5.74, 6) is 0.664. The maximum Gasteiger partial charge on any atom is 0.252 e. The van der Waals surface area contributed by atoms with E-state index in [1.54, 1.807) is 6.07 Å². The van der Waals surface area contributed by atoms with Crippen molar-refractivity contribution in [3.63, 3.8) is 0 Å². The van der Waals surface area contributed by atoms with Crippen LogP contribution in [0.5, 0.6) is 11.5 Å². The van der Waals surface area contributed by atoms with E-state index in [2.05, 4.69) is 52.9 Å². The zero-order valence-electron chi connectivity index (χ0n) is 21.0. The number of hydrogen-bond donors (Lipinski definition) is 2. The van der Waals surface area contributed by atoms with Gasteiger partial charge in [-0.2, -0.15) is 0 Å². The van der Waals surface area contributed by atoms with E-state index in [0.717, 1.165) is 55.6 Å². The van der Waals surface area contributed by atoms with Gasteiger partial charge in [0.15, 0.2) is 0 Å². The Kier molecular flexibility index (Phi) is 6.96. The van der Waals surface area contributed by atoms with Gasteiger partial charge in [0.25, 0.3) is 5.91 Å². The molecule has 0 spiro atoms. The molecule has 0 radical (unpaired) electrons. The molecule has 3 aromatic carbocycles. The molecule has 0 saturated carbocycles. The highest BCUT2D eigenvalue weighted by atomic mass is 16.5.